The Morgan fingerprint density at radius 2 is 1.61 bits per heavy atom. The average Bonchev–Trinajstić information content (AvgIpc) is 3.27. The number of ketones is 1. The largest absolute Gasteiger partial charge is 0.508 e. The molecule has 2 saturated carbocycles. The molecule has 3 aliphatic rings. The molecule has 262 valence electrons. The van der Waals surface area contributed by atoms with Crippen molar-refractivity contribution in [2.75, 3.05) is 20.1 Å². The molecule has 0 amide bonds. The van der Waals surface area contributed by atoms with E-state index in [4.69, 9.17) is 0 Å². The normalized spacial score (nSPS) is 27.4. The molecule has 0 saturated heterocycles. The van der Waals surface area contributed by atoms with Crippen molar-refractivity contribution in [2.45, 2.75) is 133 Å². The molecule has 0 radical (unpaired) electrons. The number of benzene rings is 1. The lowest BCUT2D eigenvalue weighted by molar-refractivity contribution is -0.355. The number of carbonyl (C=O) groups excluding carboxylic acids is 1. The Hall–Kier alpha value is -1.91. The number of hydrogen-bond acceptors (Lipinski definition) is 3. The lowest BCUT2D eigenvalue weighted by Gasteiger charge is -2.52. The Morgan fingerprint density at radius 1 is 0.957 bits per heavy atom. The van der Waals surface area contributed by atoms with Crippen LogP contribution in [0.15, 0.2) is 18.2 Å². The highest BCUT2D eigenvalue weighted by Gasteiger charge is 2.72. The molecule has 3 nitrogen and oxygen atoms in total. The topological polar surface area (TPSA) is 40.5 Å². The van der Waals surface area contributed by atoms with Gasteiger partial charge in [0.05, 0.1) is 0 Å². The highest BCUT2D eigenvalue weighted by Crippen LogP contribution is 2.61. The van der Waals surface area contributed by atoms with Gasteiger partial charge in [0.1, 0.15) is 17.7 Å². The van der Waals surface area contributed by atoms with Crippen LogP contribution in [0.5, 0.6) is 5.75 Å². The van der Waals surface area contributed by atoms with E-state index in [0.29, 0.717) is 57.3 Å². The molecule has 46 heavy (non-hydrogen) atoms. The first-order valence-electron chi connectivity index (χ1n) is 17.0. The molecule has 4 rings (SSSR count). The smallest absolute Gasteiger partial charge is 0.459 e. The third kappa shape index (κ3) is 8.03. The number of aromatic hydroxyl groups is 1. The highest BCUT2D eigenvalue weighted by atomic mass is 19.4. The molecule has 0 spiro atoms. The zero-order chi connectivity index (χ0) is 33.9. The van der Waals surface area contributed by atoms with E-state index in [9.17, 15) is 40.6 Å². The molecule has 1 N–H and O–H groups in total. The van der Waals surface area contributed by atoms with Crippen LogP contribution in [0, 0.1) is 23.2 Å². The van der Waals surface area contributed by atoms with Gasteiger partial charge in [-0.2, -0.15) is 30.7 Å². The molecule has 0 heterocycles. The Labute approximate surface area is 267 Å². The van der Waals surface area contributed by atoms with E-state index >= 15 is 4.39 Å². The second kappa shape index (κ2) is 14.7. The number of halogens is 8. The highest BCUT2D eigenvalue weighted by molar-refractivity contribution is 5.87. The van der Waals surface area contributed by atoms with Crippen molar-refractivity contribution < 1.29 is 45.0 Å². The molecule has 0 aromatic heterocycles. The van der Waals surface area contributed by atoms with Gasteiger partial charge >= 0.3 is 18.0 Å². The predicted octanol–water partition coefficient (Wildman–Crippen LogP) is 10.0. The SMILES string of the molecule is CN(CCCCCCCCC(F)(F)C(F)(F)C(F)(F)F)CCCC(F)C[C@@H]1Cc2cc(O)ccc2[C@H]2CC[C@]3(C)C(=O)CC[C@H]3[C@H]12. The van der Waals surface area contributed by atoms with Crippen LogP contribution in [-0.4, -0.2) is 60.1 Å². The van der Waals surface area contributed by atoms with Crippen molar-refractivity contribution in [2.24, 2.45) is 23.2 Å². The average molecular weight is 668 g/mol. The fraction of sp³-hybridized carbons (Fsp3) is 0.800. The van der Waals surface area contributed by atoms with E-state index in [1.165, 1.54) is 5.56 Å². The van der Waals surface area contributed by atoms with Gasteiger partial charge < -0.3 is 10.0 Å². The third-order valence-corrected chi connectivity index (χ3v) is 11.3. The van der Waals surface area contributed by atoms with E-state index in [0.717, 1.165) is 44.2 Å². The van der Waals surface area contributed by atoms with E-state index in [1.807, 2.05) is 19.2 Å². The van der Waals surface area contributed by atoms with Crippen LogP contribution >= 0.6 is 0 Å². The zero-order valence-corrected chi connectivity index (χ0v) is 27.0. The number of phenolic OH excluding ortho intramolecular Hbond substituents is 1. The summed E-state index contributed by atoms with van der Waals surface area (Å²) in [7, 11) is 1.95. The summed E-state index contributed by atoms with van der Waals surface area (Å²) in [6.45, 7) is 3.59. The molecular formula is C35H49F8NO2. The lowest BCUT2D eigenvalue weighted by Crippen LogP contribution is -2.51. The number of Topliss-reactive ketones (excluding diaryl/α,β-unsaturated/α-hetero) is 1. The van der Waals surface area contributed by atoms with Crippen LogP contribution in [-0.2, 0) is 11.2 Å². The number of phenols is 1. The minimum Gasteiger partial charge on any atom is -0.508 e. The number of nitrogens with zero attached hydrogens (tertiary/aromatic N) is 1. The monoisotopic (exact) mass is 667 g/mol. The van der Waals surface area contributed by atoms with Crippen molar-refractivity contribution in [3.8, 4) is 5.75 Å². The number of rotatable bonds is 16. The Kier molecular flexibility index (Phi) is 11.8. The number of alkyl halides is 8. The minimum atomic E-state index is -6.28. The van der Waals surface area contributed by atoms with Crippen LogP contribution in [0.1, 0.15) is 114 Å². The fourth-order valence-corrected chi connectivity index (χ4v) is 8.72. The van der Waals surface area contributed by atoms with Gasteiger partial charge in [-0.15, -0.1) is 0 Å². The van der Waals surface area contributed by atoms with E-state index in [2.05, 4.69) is 11.8 Å². The van der Waals surface area contributed by atoms with Gasteiger partial charge in [-0.05, 0) is 125 Å². The summed E-state index contributed by atoms with van der Waals surface area (Å²) >= 11 is 0. The second-order valence-corrected chi connectivity index (χ2v) is 14.5. The van der Waals surface area contributed by atoms with Gasteiger partial charge in [0, 0.05) is 18.3 Å². The van der Waals surface area contributed by atoms with Gasteiger partial charge in [-0.3, -0.25) is 4.79 Å². The molecule has 0 aliphatic heterocycles. The first-order valence-corrected chi connectivity index (χ1v) is 17.0. The summed E-state index contributed by atoms with van der Waals surface area (Å²) in [4.78, 5) is 15.0. The van der Waals surface area contributed by atoms with Crippen molar-refractivity contribution in [3.05, 3.63) is 29.3 Å². The van der Waals surface area contributed by atoms with Crippen LogP contribution in [0.25, 0.3) is 0 Å². The number of hydrogen-bond donors (Lipinski definition) is 1. The van der Waals surface area contributed by atoms with Crippen molar-refractivity contribution >= 4 is 5.78 Å². The Bertz CT molecular complexity index is 1170. The first kappa shape index (κ1) is 36.9. The van der Waals surface area contributed by atoms with Crippen molar-refractivity contribution in [3.63, 3.8) is 0 Å². The molecule has 1 aromatic carbocycles. The summed E-state index contributed by atoms with van der Waals surface area (Å²) < 4.78 is 105. The van der Waals surface area contributed by atoms with Crippen LogP contribution < -0.4 is 0 Å². The summed E-state index contributed by atoms with van der Waals surface area (Å²) in [5.74, 6) is -9.63. The molecule has 6 atom stereocenters. The first-order chi connectivity index (χ1) is 21.5. The van der Waals surface area contributed by atoms with E-state index in [1.54, 1.807) is 6.07 Å². The van der Waals surface area contributed by atoms with Gasteiger partial charge in [0.15, 0.2) is 0 Å². The maximum absolute atomic E-state index is 15.5. The fourth-order valence-electron chi connectivity index (χ4n) is 8.72. The van der Waals surface area contributed by atoms with Crippen molar-refractivity contribution in [1.29, 1.82) is 0 Å². The molecule has 1 aromatic rings. The number of fused-ring (bicyclic) bond motifs is 5. The van der Waals surface area contributed by atoms with Crippen molar-refractivity contribution in [1.82, 2.24) is 4.90 Å². The number of carbonyl (C=O) groups is 1. The van der Waals surface area contributed by atoms with E-state index < -0.39 is 37.0 Å². The quantitative estimate of drug-likeness (QED) is 0.141. The maximum Gasteiger partial charge on any atom is 0.459 e. The Balaban J connectivity index is 1.15. The summed E-state index contributed by atoms with van der Waals surface area (Å²) in [6.07, 6.45) is -0.730. The standard InChI is InChI=1S/C35H49F8NO2/c1-32-17-15-28-27-12-11-26(45)22-23(27)20-24(31(28)29(32)13-14-30(32)46)21-25(36)10-9-19-44(2)18-8-6-4-3-5-7-16-33(37,38)34(39,40)35(41,42)43/h11-12,22,24-25,28-29,31,45H,3-10,13-21H2,1-2H3/t24-,25?,28+,29-,31+,32-/m0/s1. The van der Waals surface area contributed by atoms with Gasteiger partial charge in [0.2, 0.25) is 0 Å². The summed E-state index contributed by atoms with van der Waals surface area (Å²) in [6, 6.07) is 5.58. The third-order valence-electron chi connectivity index (χ3n) is 11.3. The molecular weight excluding hydrogens is 618 g/mol. The summed E-state index contributed by atoms with van der Waals surface area (Å²) in [5.41, 5.74) is 2.04. The van der Waals surface area contributed by atoms with Crippen LogP contribution in [0.2, 0.25) is 0 Å². The van der Waals surface area contributed by atoms with Gasteiger partial charge in [-0.25, -0.2) is 4.39 Å². The number of unbranched alkanes of at least 4 members (excludes halogenated alkanes) is 5. The molecule has 0 bridgehead atoms. The molecule has 1 unspecified atom stereocenters. The van der Waals surface area contributed by atoms with Crippen LogP contribution in [0.4, 0.5) is 35.1 Å². The Morgan fingerprint density at radius 3 is 2.30 bits per heavy atom. The molecule has 2 fully saturated rings. The lowest BCUT2D eigenvalue weighted by atomic mass is 9.52. The zero-order valence-electron chi connectivity index (χ0n) is 27.0. The van der Waals surface area contributed by atoms with Gasteiger partial charge in [-0.1, -0.05) is 38.7 Å². The molecule has 11 heteroatoms. The summed E-state index contributed by atoms with van der Waals surface area (Å²) in [5, 5.41) is 10.1. The molecule has 3 aliphatic carbocycles. The van der Waals surface area contributed by atoms with Crippen LogP contribution in [0.3, 0.4) is 0 Å². The maximum atomic E-state index is 15.5. The van der Waals surface area contributed by atoms with E-state index in [-0.39, 0.29) is 41.3 Å². The van der Waals surface area contributed by atoms with Gasteiger partial charge in [0.25, 0.3) is 0 Å². The minimum absolute atomic E-state index is 0.120. The predicted molar refractivity (Wildman–Crippen MR) is 161 cm³/mol. The second-order valence-electron chi connectivity index (χ2n) is 14.5.